The summed E-state index contributed by atoms with van der Waals surface area (Å²) in [4.78, 5) is 16.3. The molecule has 0 amide bonds. The molecule has 4 aromatic rings. The lowest BCUT2D eigenvalue weighted by molar-refractivity contribution is -0.146. The molecule has 1 heterocycles. The first-order valence-electron chi connectivity index (χ1n) is 9.73. The zero-order chi connectivity index (χ0) is 21.1. The third-order valence-corrected chi connectivity index (χ3v) is 5.19. The summed E-state index contributed by atoms with van der Waals surface area (Å²) >= 11 is 0. The Morgan fingerprint density at radius 1 is 1.03 bits per heavy atom. The van der Waals surface area contributed by atoms with Gasteiger partial charge in [0.25, 0.3) is 0 Å². The average molecular weight is 403 g/mol. The maximum absolute atomic E-state index is 13.5. The van der Waals surface area contributed by atoms with Gasteiger partial charge in [-0.15, -0.1) is 0 Å². The molecule has 1 N–H and O–H groups in total. The van der Waals surface area contributed by atoms with Gasteiger partial charge in [-0.1, -0.05) is 30.3 Å². The number of methoxy groups -OCH3 is 1. The van der Waals surface area contributed by atoms with E-state index >= 15 is 0 Å². The van der Waals surface area contributed by atoms with Crippen molar-refractivity contribution in [1.29, 1.82) is 0 Å². The van der Waals surface area contributed by atoms with Gasteiger partial charge in [-0.25, -0.2) is 4.39 Å². The van der Waals surface area contributed by atoms with Gasteiger partial charge in [0.2, 0.25) is 0 Å². The molecule has 0 saturated carbocycles. The number of rotatable bonds is 6. The third kappa shape index (κ3) is 3.92. The fourth-order valence-corrected chi connectivity index (χ4v) is 3.58. The van der Waals surface area contributed by atoms with Crippen LogP contribution in [0.25, 0.3) is 22.2 Å². The number of esters is 1. The normalized spacial score (nSPS) is 12.0. The van der Waals surface area contributed by atoms with Crippen LogP contribution in [0, 0.1) is 5.82 Å². The van der Waals surface area contributed by atoms with Gasteiger partial charge in [0, 0.05) is 10.9 Å². The number of H-pyrrole nitrogens is 1. The van der Waals surface area contributed by atoms with Crippen LogP contribution in [-0.2, 0) is 16.1 Å². The van der Waals surface area contributed by atoms with Crippen molar-refractivity contribution in [3.05, 3.63) is 89.7 Å². The van der Waals surface area contributed by atoms with Crippen LogP contribution in [0.5, 0.6) is 5.75 Å². The minimum absolute atomic E-state index is 0.210. The van der Waals surface area contributed by atoms with Gasteiger partial charge in [-0.2, -0.15) is 0 Å². The molecule has 1 aromatic heterocycles. The summed E-state index contributed by atoms with van der Waals surface area (Å²) < 4.78 is 24.4. The lowest BCUT2D eigenvalue weighted by Crippen LogP contribution is -2.13. The Labute approximate surface area is 174 Å². The highest BCUT2D eigenvalue weighted by Gasteiger charge is 2.25. The van der Waals surface area contributed by atoms with Crippen LogP contribution in [0.15, 0.2) is 72.8 Å². The number of benzene rings is 3. The van der Waals surface area contributed by atoms with E-state index in [1.165, 1.54) is 12.1 Å². The van der Waals surface area contributed by atoms with Crippen molar-refractivity contribution in [2.75, 3.05) is 7.11 Å². The molecule has 4 nitrogen and oxygen atoms in total. The molecule has 0 fully saturated rings. The van der Waals surface area contributed by atoms with Gasteiger partial charge >= 0.3 is 5.97 Å². The lowest BCUT2D eigenvalue weighted by Gasteiger charge is -2.14. The van der Waals surface area contributed by atoms with Crippen LogP contribution in [0.4, 0.5) is 4.39 Å². The average Bonchev–Trinajstić information content (AvgIpc) is 3.16. The van der Waals surface area contributed by atoms with Crippen molar-refractivity contribution < 1.29 is 18.7 Å². The van der Waals surface area contributed by atoms with E-state index in [4.69, 9.17) is 9.47 Å². The Kier molecular flexibility index (Phi) is 5.53. The zero-order valence-electron chi connectivity index (χ0n) is 16.8. The summed E-state index contributed by atoms with van der Waals surface area (Å²) in [6.45, 7) is 2.03. The van der Waals surface area contributed by atoms with Crippen molar-refractivity contribution in [3.63, 3.8) is 0 Å². The number of hydrogen-bond donors (Lipinski definition) is 1. The van der Waals surface area contributed by atoms with E-state index in [2.05, 4.69) is 4.98 Å². The highest BCUT2D eigenvalue weighted by Crippen LogP contribution is 2.37. The maximum Gasteiger partial charge on any atom is 0.313 e. The minimum atomic E-state index is -0.533. The van der Waals surface area contributed by atoms with Crippen LogP contribution in [0.3, 0.4) is 0 Å². The number of hydrogen-bond acceptors (Lipinski definition) is 3. The highest BCUT2D eigenvalue weighted by atomic mass is 19.1. The van der Waals surface area contributed by atoms with Crippen LogP contribution in [0.2, 0.25) is 0 Å². The molecule has 1 atom stereocenters. The highest BCUT2D eigenvalue weighted by molar-refractivity contribution is 5.96. The van der Waals surface area contributed by atoms with Crippen molar-refractivity contribution in [1.82, 2.24) is 4.98 Å². The number of halogens is 1. The van der Waals surface area contributed by atoms with Gasteiger partial charge in [0.1, 0.15) is 18.2 Å². The Morgan fingerprint density at radius 3 is 2.47 bits per heavy atom. The number of fused-ring (bicyclic) bond motifs is 1. The van der Waals surface area contributed by atoms with E-state index in [0.29, 0.717) is 5.75 Å². The summed E-state index contributed by atoms with van der Waals surface area (Å²) in [5, 5.41) is 0.873. The van der Waals surface area contributed by atoms with E-state index in [0.717, 1.165) is 33.3 Å². The lowest BCUT2D eigenvalue weighted by atomic mass is 9.94. The quantitative estimate of drug-likeness (QED) is 0.412. The Morgan fingerprint density at radius 2 is 1.77 bits per heavy atom. The summed E-state index contributed by atoms with van der Waals surface area (Å²) in [6, 6.07) is 21.4. The molecule has 0 bridgehead atoms. The van der Waals surface area contributed by atoms with Crippen molar-refractivity contribution in [2.45, 2.75) is 19.4 Å². The molecule has 0 aliphatic rings. The molecule has 0 spiro atoms. The first-order valence-corrected chi connectivity index (χ1v) is 9.73. The van der Waals surface area contributed by atoms with Crippen molar-refractivity contribution in [2.24, 2.45) is 0 Å². The predicted molar refractivity (Wildman–Crippen MR) is 115 cm³/mol. The number of aromatic nitrogens is 1. The number of nitrogens with one attached hydrogen (secondary N) is 1. The van der Waals surface area contributed by atoms with Crippen molar-refractivity contribution >= 4 is 16.9 Å². The van der Waals surface area contributed by atoms with Gasteiger partial charge in [-0.3, -0.25) is 4.79 Å². The standard InChI is InChI=1S/C25H22FNO3/c1-16(25(28)30-15-17-6-4-3-5-7-17)23-21-14-20(29-2)12-13-22(21)27-24(23)18-8-10-19(26)11-9-18/h3-14,16,27H,15H2,1-2H3. The Balaban J connectivity index is 1.73. The summed E-state index contributed by atoms with van der Waals surface area (Å²) in [5.74, 6) is -0.479. The number of aromatic amines is 1. The fraction of sp³-hybridized carbons (Fsp3) is 0.160. The SMILES string of the molecule is COc1ccc2[nH]c(-c3ccc(F)cc3)c(C(C)C(=O)OCc3ccccc3)c2c1. The van der Waals surface area contributed by atoms with E-state index in [9.17, 15) is 9.18 Å². The molecular formula is C25H22FNO3. The molecule has 0 radical (unpaired) electrons. The second-order valence-corrected chi connectivity index (χ2v) is 7.15. The van der Waals surface area contributed by atoms with Gasteiger partial charge in [0.05, 0.1) is 18.7 Å². The molecular weight excluding hydrogens is 381 g/mol. The second-order valence-electron chi connectivity index (χ2n) is 7.15. The molecule has 4 rings (SSSR count). The Hall–Kier alpha value is -3.60. The summed E-state index contributed by atoms with van der Waals surface area (Å²) in [7, 11) is 1.60. The number of carbonyl (C=O) groups excluding carboxylic acids is 1. The molecule has 30 heavy (non-hydrogen) atoms. The second kappa shape index (κ2) is 8.41. The molecule has 0 aliphatic heterocycles. The first-order chi connectivity index (χ1) is 14.6. The monoisotopic (exact) mass is 403 g/mol. The van der Waals surface area contributed by atoms with E-state index in [-0.39, 0.29) is 18.4 Å². The first kappa shape index (κ1) is 19.7. The third-order valence-electron chi connectivity index (χ3n) is 5.19. The maximum atomic E-state index is 13.5. The van der Waals surface area contributed by atoms with Gasteiger partial charge < -0.3 is 14.5 Å². The summed E-state index contributed by atoms with van der Waals surface area (Å²) in [5.41, 5.74) is 4.16. The molecule has 0 aliphatic carbocycles. The smallest absolute Gasteiger partial charge is 0.313 e. The molecule has 5 heteroatoms. The molecule has 152 valence electrons. The predicted octanol–water partition coefficient (Wildman–Crippen LogP) is 5.83. The van der Waals surface area contributed by atoms with Crippen LogP contribution >= 0.6 is 0 Å². The Bertz CT molecular complexity index is 1170. The number of carbonyl (C=O) groups is 1. The zero-order valence-corrected chi connectivity index (χ0v) is 16.8. The minimum Gasteiger partial charge on any atom is -0.497 e. The van der Waals surface area contributed by atoms with Gasteiger partial charge in [-0.05, 0) is 66.1 Å². The van der Waals surface area contributed by atoms with E-state index < -0.39 is 5.92 Å². The molecule has 3 aromatic carbocycles. The number of ether oxygens (including phenoxy) is 2. The van der Waals surface area contributed by atoms with Gasteiger partial charge in [0.15, 0.2) is 0 Å². The largest absolute Gasteiger partial charge is 0.497 e. The van der Waals surface area contributed by atoms with Crippen LogP contribution in [-0.4, -0.2) is 18.1 Å². The summed E-state index contributed by atoms with van der Waals surface area (Å²) in [6.07, 6.45) is 0. The topological polar surface area (TPSA) is 51.3 Å². The van der Waals surface area contributed by atoms with E-state index in [1.807, 2.05) is 55.5 Å². The van der Waals surface area contributed by atoms with Crippen LogP contribution in [0.1, 0.15) is 24.0 Å². The molecule has 0 saturated heterocycles. The van der Waals surface area contributed by atoms with E-state index in [1.54, 1.807) is 19.2 Å². The van der Waals surface area contributed by atoms with Crippen molar-refractivity contribution in [3.8, 4) is 17.0 Å². The van der Waals surface area contributed by atoms with Crippen LogP contribution < -0.4 is 4.74 Å². The fourth-order valence-electron chi connectivity index (χ4n) is 3.58. The molecule has 1 unspecified atom stereocenters.